The Balaban J connectivity index is 2.62. The first-order valence-corrected chi connectivity index (χ1v) is 4.85. The van der Waals surface area contributed by atoms with Crippen molar-refractivity contribution < 1.29 is 4.79 Å². The van der Waals surface area contributed by atoms with Gasteiger partial charge in [0.2, 0.25) is 0 Å². The zero-order valence-electron chi connectivity index (χ0n) is 8.31. The van der Waals surface area contributed by atoms with E-state index in [1.54, 1.807) is 0 Å². The average molecular weight is 169 g/mol. The normalized spacial score (nSPS) is 30.7. The Morgan fingerprint density at radius 3 is 2.50 bits per heavy atom. The summed E-state index contributed by atoms with van der Waals surface area (Å²) in [5.41, 5.74) is -0.230. The van der Waals surface area contributed by atoms with Crippen molar-refractivity contribution in [3.8, 4) is 0 Å². The standard InChI is InChI=1S/C10H19NO/c1-8(2)9(12)10(3)6-4-5-7-11-10/h8,11H,4-7H2,1-3H3. The van der Waals surface area contributed by atoms with E-state index in [0.29, 0.717) is 5.78 Å². The molecule has 1 heterocycles. The molecule has 0 saturated carbocycles. The van der Waals surface area contributed by atoms with Crippen LogP contribution in [0.5, 0.6) is 0 Å². The summed E-state index contributed by atoms with van der Waals surface area (Å²) in [6.07, 6.45) is 3.40. The molecule has 1 unspecified atom stereocenters. The second-order valence-electron chi connectivity index (χ2n) is 4.23. The van der Waals surface area contributed by atoms with Crippen molar-refractivity contribution in [3.05, 3.63) is 0 Å². The van der Waals surface area contributed by atoms with Crippen LogP contribution in [0.4, 0.5) is 0 Å². The van der Waals surface area contributed by atoms with Crippen molar-refractivity contribution in [1.82, 2.24) is 5.32 Å². The summed E-state index contributed by atoms with van der Waals surface area (Å²) in [6, 6.07) is 0. The van der Waals surface area contributed by atoms with Gasteiger partial charge in [0.15, 0.2) is 5.78 Å². The monoisotopic (exact) mass is 169 g/mol. The molecule has 0 bridgehead atoms. The van der Waals surface area contributed by atoms with Crippen LogP contribution < -0.4 is 5.32 Å². The molecule has 1 N–H and O–H groups in total. The Hall–Kier alpha value is -0.370. The highest BCUT2D eigenvalue weighted by Gasteiger charge is 2.34. The van der Waals surface area contributed by atoms with Crippen molar-refractivity contribution in [2.75, 3.05) is 6.54 Å². The summed E-state index contributed by atoms with van der Waals surface area (Å²) >= 11 is 0. The summed E-state index contributed by atoms with van der Waals surface area (Å²) in [6.45, 7) is 6.98. The third-order valence-electron chi connectivity index (χ3n) is 2.69. The summed E-state index contributed by atoms with van der Waals surface area (Å²) in [5.74, 6) is 0.516. The maximum Gasteiger partial charge on any atom is 0.155 e. The Morgan fingerprint density at radius 1 is 1.42 bits per heavy atom. The SMILES string of the molecule is CC(C)C(=O)C1(C)CCCCN1. The number of rotatable bonds is 2. The zero-order chi connectivity index (χ0) is 9.19. The molecule has 70 valence electrons. The van der Waals surface area contributed by atoms with Crippen LogP contribution in [0.15, 0.2) is 0 Å². The lowest BCUT2D eigenvalue weighted by Gasteiger charge is -2.34. The molecule has 1 atom stereocenters. The van der Waals surface area contributed by atoms with Gasteiger partial charge in [-0.2, -0.15) is 0 Å². The van der Waals surface area contributed by atoms with E-state index < -0.39 is 0 Å². The molecule has 0 aromatic heterocycles. The van der Waals surface area contributed by atoms with Gasteiger partial charge in [-0.05, 0) is 32.7 Å². The quantitative estimate of drug-likeness (QED) is 0.682. The van der Waals surface area contributed by atoms with E-state index in [1.807, 2.05) is 20.8 Å². The number of nitrogens with one attached hydrogen (secondary N) is 1. The minimum atomic E-state index is -0.230. The lowest BCUT2D eigenvalue weighted by Crippen LogP contribution is -2.53. The number of piperidine rings is 1. The minimum Gasteiger partial charge on any atom is -0.305 e. The molecule has 0 amide bonds. The minimum absolute atomic E-state index is 0.153. The molecule has 0 aromatic rings. The van der Waals surface area contributed by atoms with Crippen LogP contribution in [0, 0.1) is 5.92 Å². The lowest BCUT2D eigenvalue weighted by molar-refractivity contribution is -0.128. The molecular formula is C10H19NO. The van der Waals surface area contributed by atoms with Gasteiger partial charge >= 0.3 is 0 Å². The topological polar surface area (TPSA) is 29.1 Å². The molecule has 1 saturated heterocycles. The molecule has 1 rings (SSSR count). The molecule has 1 aliphatic heterocycles. The number of carbonyl (C=O) groups is 1. The largest absolute Gasteiger partial charge is 0.305 e. The van der Waals surface area contributed by atoms with E-state index >= 15 is 0 Å². The van der Waals surface area contributed by atoms with Crippen LogP contribution in [0.25, 0.3) is 0 Å². The maximum atomic E-state index is 11.8. The van der Waals surface area contributed by atoms with Crippen molar-refractivity contribution in [2.45, 2.75) is 45.6 Å². The van der Waals surface area contributed by atoms with E-state index in [1.165, 1.54) is 12.8 Å². The number of ketones is 1. The summed E-state index contributed by atoms with van der Waals surface area (Å²) in [5, 5.41) is 3.33. The molecule has 0 radical (unpaired) electrons. The van der Waals surface area contributed by atoms with Gasteiger partial charge in [0.05, 0.1) is 5.54 Å². The van der Waals surface area contributed by atoms with Crippen molar-refractivity contribution in [2.24, 2.45) is 5.92 Å². The number of carbonyl (C=O) groups excluding carboxylic acids is 1. The number of hydrogen-bond acceptors (Lipinski definition) is 2. The third-order valence-corrected chi connectivity index (χ3v) is 2.69. The van der Waals surface area contributed by atoms with Gasteiger partial charge in [-0.1, -0.05) is 13.8 Å². The van der Waals surface area contributed by atoms with E-state index in [0.717, 1.165) is 13.0 Å². The van der Waals surface area contributed by atoms with Crippen molar-refractivity contribution >= 4 is 5.78 Å². The molecule has 0 spiro atoms. The van der Waals surface area contributed by atoms with Crippen molar-refractivity contribution in [3.63, 3.8) is 0 Å². The highest BCUT2D eigenvalue weighted by molar-refractivity contribution is 5.89. The van der Waals surface area contributed by atoms with Crippen LogP contribution in [-0.2, 0) is 4.79 Å². The van der Waals surface area contributed by atoms with Crippen molar-refractivity contribution in [1.29, 1.82) is 0 Å². The summed E-state index contributed by atoms with van der Waals surface area (Å²) in [7, 11) is 0. The van der Waals surface area contributed by atoms with Crippen LogP contribution in [0.2, 0.25) is 0 Å². The van der Waals surface area contributed by atoms with Gasteiger partial charge in [-0.15, -0.1) is 0 Å². The summed E-state index contributed by atoms with van der Waals surface area (Å²) < 4.78 is 0. The maximum absolute atomic E-state index is 11.8. The van der Waals surface area contributed by atoms with E-state index in [4.69, 9.17) is 0 Å². The van der Waals surface area contributed by atoms with Crippen LogP contribution in [0.1, 0.15) is 40.0 Å². The number of Topliss-reactive ketones (excluding diaryl/α,β-unsaturated/α-hetero) is 1. The predicted octanol–water partition coefficient (Wildman–Crippen LogP) is 1.74. The van der Waals surface area contributed by atoms with Crippen LogP contribution in [0.3, 0.4) is 0 Å². The first-order valence-electron chi connectivity index (χ1n) is 4.85. The molecule has 2 nitrogen and oxygen atoms in total. The number of hydrogen-bond donors (Lipinski definition) is 1. The molecule has 0 aliphatic carbocycles. The Bertz CT molecular complexity index is 169. The highest BCUT2D eigenvalue weighted by atomic mass is 16.1. The van der Waals surface area contributed by atoms with Gasteiger partial charge in [0, 0.05) is 5.92 Å². The zero-order valence-corrected chi connectivity index (χ0v) is 8.31. The lowest BCUT2D eigenvalue weighted by atomic mass is 9.82. The van der Waals surface area contributed by atoms with Crippen LogP contribution in [-0.4, -0.2) is 17.9 Å². The fraction of sp³-hybridized carbons (Fsp3) is 0.900. The first kappa shape index (κ1) is 9.72. The molecule has 2 heteroatoms. The predicted molar refractivity (Wildman–Crippen MR) is 50.1 cm³/mol. The fourth-order valence-electron chi connectivity index (χ4n) is 1.90. The second-order valence-corrected chi connectivity index (χ2v) is 4.23. The summed E-state index contributed by atoms with van der Waals surface area (Å²) in [4.78, 5) is 11.8. The highest BCUT2D eigenvalue weighted by Crippen LogP contribution is 2.22. The Morgan fingerprint density at radius 2 is 2.08 bits per heavy atom. The van der Waals surface area contributed by atoms with Gasteiger partial charge < -0.3 is 5.32 Å². The Kier molecular flexibility index (Phi) is 2.89. The molecular weight excluding hydrogens is 150 g/mol. The second kappa shape index (κ2) is 3.56. The molecule has 1 fully saturated rings. The van der Waals surface area contributed by atoms with Gasteiger partial charge in [0.1, 0.15) is 0 Å². The van der Waals surface area contributed by atoms with E-state index in [2.05, 4.69) is 5.32 Å². The third kappa shape index (κ3) is 1.86. The average Bonchev–Trinajstić information content (AvgIpc) is 2.04. The van der Waals surface area contributed by atoms with E-state index in [9.17, 15) is 4.79 Å². The molecule has 0 aromatic carbocycles. The van der Waals surface area contributed by atoms with Gasteiger partial charge in [0.25, 0.3) is 0 Å². The van der Waals surface area contributed by atoms with Gasteiger partial charge in [-0.3, -0.25) is 4.79 Å². The molecule has 12 heavy (non-hydrogen) atoms. The first-order chi connectivity index (χ1) is 5.56. The van der Waals surface area contributed by atoms with Gasteiger partial charge in [-0.25, -0.2) is 0 Å². The fourth-order valence-corrected chi connectivity index (χ4v) is 1.90. The smallest absolute Gasteiger partial charge is 0.155 e. The molecule has 1 aliphatic rings. The van der Waals surface area contributed by atoms with Crippen LogP contribution >= 0.6 is 0 Å². The Labute approximate surface area is 74.7 Å². The van der Waals surface area contributed by atoms with E-state index in [-0.39, 0.29) is 11.5 Å².